The average molecular weight is 357 g/mol. The molecule has 0 spiro atoms. The third-order valence-electron chi connectivity index (χ3n) is 5.35. The second kappa shape index (κ2) is 17.3. The van der Waals surface area contributed by atoms with Crippen LogP contribution in [-0.4, -0.2) is 37.1 Å². The monoisotopic (exact) mass is 356 g/mol. The number of ether oxygens (including phenoxy) is 2. The van der Waals surface area contributed by atoms with E-state index in [2.05, 4.69) is 6.92 Å². The topological polar surface area (TPSA) is 38.7 Å². The summed E-state index contributed by atoms with van der Waals surface area (Å²) in [5.74, 6) is 0. The Kier molecular flexibility index (Phi) is 15.9. The highest BCUT2D eigenvalue weighted by molar-refractivity contribution is 4.72. The van der Waals surface area contributed by atoms with E-state index in [0.29, 0.717) is 6.61 Å². The largest absolute Gasteiger partial charge is 0.394 e. The molecule has 150 valence electrons. The zero-order valence-corrected chi connectivity index (χ0v) is 16.9. The molecule has 0 saturated carbocycles. The molecule has 0 aliphatic carbocycles. The molecule has 1 aliphatic rings. The zero-order valence-electron chi connectivity index (χ0n) is 16.9. The first-order chi connectivity index (χ1) is 12.4. The number of aliphatic hydroxyl groups excluding tert-OH is 1. The Hall–Kier alpha value is -0.120. The maximum absolute atomic E-state index is 9.03. The van der Waals surface area contributed by atoms with Crippen LogP contribution in [0.5, 0.6) is 0 Å². The molecule has 0 aromatic heterocycles. The van der Waals surface area contributed by atoms with Crippen LogP contribution >= 0.6 is 0 Å². The summed E-state index contributed by atoms with van der Waals surface area (Å²) in [6, 6.07) is 0. The van der Waals surface area contributed by atoms with Crippen LogP contribution in [0.3, 0.4) is 0 Å². The predicted octanol–water partition coefficient (Wildman–Crippen LogP) is 6.02. The van der Waals surface area contributed by atoms with Crippen LogP contribution in [0.2, 0.25) is 0 Å². The third kappa shape index (κ3) is 13.7. The Balaban J connectivity index is 1.68. The van der Waals surface area contributed by atoms with Crippen LogP contribution in [0, 0.1) is 0 Å². The minimum Gasteiger partial charge on any atom is -0.394 e. The van der Waals surface area contributed by atoms with Crippen LogP contribution in [0.1, 0.15) is 110 Å². The minimum absolute atomic E-state index is 0.0506. The molecule has 2 atom stereocenters. The third-order valence-corrected chi connectivity index (χ3v) is 5.35. The number of unbranched alkanes of at least 4 members (excludes halogenated alkanes) is 13. The first kappa shape index (κ1) is 22.9. The van der Waals surface area contributed by atoms with Crippen molar-refractivity contribution in [2.75, 3.05) is 19.8 Å². The summed E-state index contributed by atoms with van der Waals surface area (Å²) in [6.07, 6.45) is 21.8. The molecule has 1 aliphatic heterocycles. The summed E-state index contributed by atoms with van der Waals surface area (Å²) in [6.45, 7) is 4.00. The smallest absolute Gasteiger partial charge is 0.0814 e. The maximum Gasteiger partial charge on any atom is 0.0814 e. The Morgan fingerprint density at radius 1 is 0.720 bits per heavy atom. The van der Waals surface area contributed by atoms with Gasteiger partial charge in [0.2, 0.25) is 0 Å². The van der Waals surface area contributed by atoms with E-state index in [9.17, 15) is 0 Å². The lowest BCUT2D eigenvalue weighted by Crippen LogP contribution is -2.19. The SMILES string of the molecule is CCCCCCCCCCCCCCCCOCC1CCC(CO)O1. The van der Waals surface area contributed by atoms with E-state index in [1.165, 1.54) is 89.9 Å². The van der Waals surface area contributed by atoms with E-state index in [0.717, 1.165) is 19.4 Å². The molecular weight excluding hydrogens is 312 g/mol. The van der Waals surface area contributed by atoms with E-state index >= 15 is 0 Å². The molecule has 2 unspecified atom stereocenters. The fraction of sp³-hybridized carbons (Fsp3) is 1.00. The van der Waals surface area contributed by atoms with Gasteiger partial charge in [-0.25, -0.2) is 0 Å². The molecule has 1 heterocycles. The van der Waals surface area contributed by atoms with Crippen LogP contribution in [-0.2, 0) is 9.47 Å². The van der Waals surface area contributed by atoms with Crippen molar-refractivity contribution >= 4 is 0 Å². The van der Waals surface area contributed by atoms with Crippen molar-refractivity contribution in [2.24, 2.45) is 0 Å². The van der Waals surface area contributed by atoms with Crippen LogP contribution < -0.4 is 0 Å². The van der Waals surface area contributed by atoms with E-state index in [1.807, 2.05) is 0 Å². The van der Waals surface area contributed by atoms with E-state index < -0.39 is 0 Å². The molecular formula is C22H44O3. The number of hydrogen-bond acceptors (Lipinski definition) is 3. The van der Waals surface area contributed by atoms with Crippen LogP contribution in [0.25, 0.3) is 0 Å². The Morgan fingerprint density at radius 3 is 1.68 bits per heavy atom. The van der Waals surface area contributed by atoms with Gasteiger partial charge >= 0.3 is 0 Å². The first-order valence-electron chi connectivity index (χ1n) is 11.2. The normalized spacial score (nSPS) is 20.4. The van der Waals surface area contributed by atoms with Gasteiger partial charge in [-0.2, -0.15) is 0 Å². The molecule has 25 heavy (non-hydrogen) atoms. The van der Waals surface area contributed by atoms with Crippen molar-refractivity contribution in [3.05, 3.63) is 0 Å². The van der Waals surface area contributed by atoms with Crippen molar-refractivity contribution in [2.45, 2.75) is 122 Å². The number of rotatable bonds is 18. The zero-order chi connectivity index (χ0) is 18.0. The molecule has 3 heteroatoms. The van der Waals surface area contributed by atoms with Gasteiger partial charge in [-0.3, -0.25) is 0 Å². The molecule has 1 N–H and O–H groups in total. The van der Waals surface area contributed by atoms with Gasteiger partial charge in [-0.1, -0.05) is 90.4 Å². The molecule has 0 radical (unpaired) electrons. The van der Waals surface area contributed by atoms with Gasteiger partial charge in [0.15, 0.2) is 0 Å². The summed E-state index contributed by atoms with van der Waals surface area (Å²) in [7, 11) is 0. The average Bonchev–Trinajstić information content (AvgIpc) is 3.09. The van der Waals surface area contributed by atoms with Gasteiger partial charge in [0.25, 0.3) is 0 Å². The molecule has 1 rings (SSSR count). The van der Waals surface area contributed by atoms with Crippen molar-refractivity contribution in [3.63, 3.8) is 0 Å². The van der Waals surface area contributed by atoms with E-state index in [4.69, 9.17) is 14.6 Å². The number of hydrogen-bond donors (Lipinski definition) is 1. The molecule has 0 bridgehead atoms. The lowest BCUT2D eigenvalue weighted by molar-refractivity contribution is -0.0318. The second-order valence-electron chi connectivity index (χ2n) is 7.81. The van der Waals surface area contributed by atoms with Crippen molar-refractivity contribution in [1.29, 1.82) is 0 Å². The lowest BCUT2D eigenvalue weighted by Gasteiger charge is -2.12. The summed E-state index contributed by atoms with van der Waals surface area (Å²) in [5, 5.41) is 9.03. The highest BCUT2D eigenvalue weighted by atomic mass is 16.5. The quantitative estimate of drug-likeness (QED) is 0.305. The summed E-state index contributed by atoms with van der Waals surface area (Å²) >= 11 is 0. The molecule has 0 aromatic carbocycles. The summed E-state index contributed by atoms with van der Waals surface area (Å²) in [5.41, 5.74) is 0. The number of aliphatic hydroxyl groups is 1. The molecule has 0 aromatic rings. The molecule has 1 fully saturated rings. The van der Waals surface area contributed by atoms with Gasteiger partial charge < -0.3 is 14.6 Å². The highest BCUT2D eigenvalue weighted by Crippen LogP contribution is 2.19. The maximum atomic E-state index is 9.03. The van der Waals surface area contributed by atoms with E-state index in [-0.39, 0.29) is 18.8 Å². The van der Waals surface area contributed by atoms with Crippen molar-refractivity contribution < 1.29 is 14.6 Å². The minimum atomic E-state index is 0.0506. The summed E-state index contributed by atoms with van der Waals surface area (Å²) < 4.78 is 11.4. The fourth-order valence-corrected chi connectivity index (χ4v) is 3.65. The Labute approximate surface area is 156 Å². The van der Waals surface area contributed by atoms with Gasteiger partial charge in [-0.05, 0) is 19.3 Å². The standard InChI is InChI=1S/C22H44O3/c1-2-3-4-5-6-7-8-9-10-11-12-13-14-15-18-24-20-22-17-16-21(19-23)25-22/h21-23H,2-20H2,1H3. The van der Waals surface area contributed by atoms with Crippen molar-refractivity contribution in [1.82, 2.24) is 0 Å². The van der Waals surface area contributed by atoms with Crippen LogP contribution in [0.4, 0.5) is 0 Å². The van der Waals surface area contributed by atoms with Gasteiger partial charge in [-0.15, -0.1) is 0 Å². The van der Waals surface area contributed by atoms with Gasteiger partial charge in [0, 0.05) is 6.61 Å². The van der Waals surface area contributed by atoms with Crippen molar-refractivity contribution in [3.8, 4) is 0 Å². The second-order valence-corrected chi connectivity index (χ2v) is 7.81. The van der Waals surface area contributed by atoms with Gasteiger partial charge in [0.1, 0.15) is 0 Å². The predicted molar refractivity (Wildman–Crippen MR) is 106 cm³/mol. The Bertz CT molecular complexity index is 270. The highest BCUT2D eigenvalue weighted by Gasteiger charge is 2.24. The summed E-state index contributed by atoms with van der Waals surface area (Å²) in [4.78, 5) is 0. The Morgan fingerprint density at radius 2 is 1.20 bits per heavy atom. The molecule has 1 saturated heterocycles. The first-order valence-corrected chi connectivity index (χ1v) is 11.2. The van der Waals surface area contributed by atoms with Gasteiger partial charge in [0.05, 0.1) is 25.4 Å². The van der Waals surface area contributed by atoms with E-state index in [1.54, 1.807) is 0 Å². The lowest BCUT2D eigenvalue weighted by atomic mass is 10.0. The fourth-order valence-electron chi connectivity index (χ4n) is 3.65. The molecule has 0 amide bonds. The molecule has 3 nitrogen and oxygen atoms in total. The van der Waals surface area contributed by atoms with Crippen LogP contribution in [0.15, 0.2) is 0 Å².